The van der Waals surface area contributed by atoms with Gasteiger partial charge in [-0.05, 0) is 44.3 Å². The van der Waals surface area contributed by atoms with Gasteiger partial charge >= 0.3 is 6.01 Å². The van der Waals surface area contributed by atoms with Gasteiger partial charge in [0.25, 0.3) is 0 Å². The van der Waals surface area contributed by atoms with Crippen molar-refractivity contribution in [3.8, 4) is 6.01 Å². The molecule has 2 N–H and O–H groups in total. The van der Waals surface area contributed by atoms with E-state index in [1.54, 1.807) is 4.52 Å². The molecule has 1 saturated heterocycles. The van der Waals surface area contributed by atoms with E-state index in [1.807, 2.05) is 24.4 Å². The Bertz CT molecular complexity index is 917. The van der Waals surface area contributed by atoms with Crippen molar-refractivity contribution in [1.82, 2.24) is 24.9 Å². The summed E-state index contributed by atoms with van der Waals surface area (Å²) in [6.07, 6.45) is 3.96. The highest BCUT2D eigenvalue weighted by atomic mass is 16.5. The van der Waals surface area contributed by atoms with Gasteiger partial charge in [-0.15, -0.1) is 0 Å². The third-order valence-corrected chi connectivity index (χ3v) is 5.20. The van der Waals surface area contributed by atoms with E-state index >= 15 is 0 Å². The summed E-state index contributed by atoms with van der Waals surface area (Å²) in [4.78, 5) is 9.37. The second-order valence-corrected chi connectivity index (χ2v) is 7.66. The smallest absolute Gasteiger partial charge is 0.322 e. The number of piperidine rings is 1. The van der Waals surface area contributed by atoms with Crippen LogP contribution in [0.25, 0.3) is 5.65 Å². The van der Waals surface area contributed by atoms with Gasteiger partial charge in [-0.25, -0.2) is 0 Å². The SMILES string of the molecule is CC(C)c1cnn2c(N[C@@H](C)c3ccccc3)nc(OC3CCNCC3)nc12. The summed E-state index contributed by atoms with van der Waals surface area (Å²) in [5, 5.41) is 11.4. The Hall–Kier alpha value is -2.67. The molecule has 0 radical (unpaired) electrons. The average Bonchev–Trinajstić information content (AvgIpc) is 3.14. The minimum absolute atomic E-state index is 0.0812. The molecule has 3 heterocycles. The molecule has 0 bridgehead atoms. The van der Waals surface area contributed by atoms with Gasteiger partial charge in [0.15, 0.2) is 5.65 Å². The van der Waals surface area contributed by atoms with Gasteiger partial charge in [0, 0.05) is 5.56 Å². The van der Waals surface area contributed by atoms with Crippen molar-refractivity contribution >= 4 is 11.6 Å². The van der Waals surface area contributed by atoms with Crippen LogP contribution >= 0.6 is 0 Å². The molecule has 4 rings (SSSR count). The van der Waals surface area contributed by atoms with Gasteiger partial charge in [0.2, 0.25) is 5.95 Å². The molecule has 1 aromatic carbocycles. The summed E-state index contributed by atoms with van der Waals surface area (Å²) in [6, 6.07) is 10.8. The van der Waals surface area contributed by atoms with Crippen LogP contribution in [-0.2, 0) is 0 Å². The van der Waals surface area contributed by atoms with Crippen LogP contribution in [0.1, 0.15) is 56.7 Å². The van der Waals surface area contributed by atoms with Crippen LogP contribution in [0.3, 0.4) is 0 Å². The van der Waals surface area contributed by atoms with Gasteiger partial charge in [-0.3, -0.25) is 0 Å². The third kappa shape index (κ3) is 3.94. The van der Waals surface area contributed by atoms with Gasteiger partial charge in [0.05, 0.1) is 12.2 Å². The molecule has 7 heteroatoms. The highest BCUT2D eigenvalue weighted by Gasteiger charge is 2.20. The van der Waals surface area contributed by atoms with Gasteiger partial charge in [-0.2, -0.15) is 19.6 Å². The normalized spacial score (nSPS) is 16.4. The molecule has 0 saturated carbocycles. The van der Waals surface area contributed by atoms with E-state index in [2.05, 4.69) is 53.6 Å². The Morgan fingerprint density at radius 1 is 1.11 bits per heavy atom. The van der Waals surface area contributed by atoms with Crippen molar-refractivity contribution in [2.75, 3.05) is 18.4 Å². The minimum atomic E-state index is 0.0812. The molecule has 0 spiro atoms. The molecular formula is C21H28N6O. The van der Waals surface area contributed by atoms with Crippen LogP contribution < -0.4 is 15.4 Å². The van der Waals surface area contributed by atoms with E-state index in [0.717, 1.165) is 37.1 Å². The number of aromatic nitrogens is 4. The maximum Gasteiger partial charge on any atom is 0.322 e. The zero-order valence-corrected chi connectivity index (χ0v) is 16.7. The maximum atomic E-state index is 6.15. The molecule has 7 nitrogen and oxygen atoms in total. The third-order valence-electron chi connectivity index (χ3n) is 5.20. The number of rotatable bonds is 6. The molecule has 0 aliphatic carbocycles. The number of nitrogens with one attached hydrogen (secondary N) is 2. The van der Waals surface area contributed by atoms with Crippen LogP contribution in [0.5, 0.6) is 6.01 Å². The van der Waals surface area contributed by atoms with Crippen LogP contribution in [0.2, 0.25) is 0 Å². The van der Waals surface area contributed by atoms with Gasteiger partial charge in [-0.1, -0.05) is 44.2 Å². The van der Waals surface area contributed by atoms with E-state index in [4.69, 9.17) is 9.72 Å². The first-order chi connectivity index (χ1) is 13.6. The second-order valence-electron chi connectivity index (χ2n) is 7.66. The Labute approximate surface area is 165 Å². The van der Waals surface area contributed by atoms with Crippen molar-refractivity contribution in [2.45, 2.75) is 51.7 Å². The Balaban J connectivity index is 1.68. The van der Waals surface area contributed by atoms with Crippen molar-refractivity contribution in [3.63, 3.8) is 0 Å². The van der Waals surface area contributed by atoms with Crippen LogP contribution in [0, 0.1) is 0 Å². The topological polar surface area (TPSA) is 76.4 Å². The number of fused-ring (bicyclic) bond motifs is 1. The Kier molecular flexibility index (Phi) is 5.43. The van der Waals surface area contributed by atoms with E-state index in [1.165, 1.54) is 5.56 Å². The number of ether oxygens (including phenoxy) is 1. The summed E-state index contributed by atoms with van der Waals surface area (Å²) in [6.45, 7) is 8.34. The first-order valence-corrected chi connectivity index (χ1v) is 10.1. The molecule has 1 atom stereocenters. The number of hydrogen-bond acceptors (Lipinski definition) is 6. The van der Waals surface area contributed by atoms with Gasteiger partial charge < -0.3 is 15.4 Å². The summed E-state index contributed by atoms with van der Waals surface area (Å²) >= 11 is 0. The second kappa shape index (κ2) is 8.14. The fourth-order valence-corrected chi connectivity index (χ4v) is 3.51. The molecular weight excluding hydrogens is 352 g/mol. The summed E-state index contributed by atoms with van der Waals surface area (Å²) in [5.74, 6) is 0.968. The van der Waals surface area contributed by atoms with Gasteiger partial charge in [0.1, 0.15) is 6.10 Å². The Morgan fingerprint density at radius 2 is 1.86 bits per heavy atom. The summed E-state index contributed by atoms with van der Waals surface area (Å²) in [7, 11) is 0. The largest absolute Gasteiger partial charge is 0.460 e. The van der Waals surface area contributed by atoms with E-state index in [0.29, 0.717) is 17.9 Å². The monoisotopic (exact) mass is 380 g/mol. The Morgan fingerprint density at radius 3 is 2.57 bits per heavy atom. The minimum Gasteiger partial charge on any atom is -0.460 e. The highest BCUT2D eigenvalue weighted by molar-refractivity contribution is 5.53. The van der Waals surface area contributed by atoms with Crippen molar-refractivity contribution < 1.29 is 4.74 Å². The van der Waals surface area contributed by atoms with E-state index in [-0.39, 0.29) is 12.1 Å². The standard InChI is InChI=1S/C21H28N6O/c1-14(2)18-13-23-27-19(18)25-21(28-17-9-11-22-12-10-17)26-20(27)24-15(3)16-7-5-4-6-8-16/h4-8,13-15,17,22H,9-12H2,1-3H3,(H,24,25,26)/t15-/m0/s1. The van der Waals surface area contributed by atoms with Crippen molar-refractivity contribution in [2.24, 2.45) is 0 Å². The van der Waals surface area contributed by atoms with Crippen LogP contribution in [-0.4, -0.2) is 38.8 Å². The van der Waals surface area contributed by atoms with Crippen molar-refractivity contribution in [1.29, 1.82) is 0 Å². The fraction of sp³-hybridized carbons (Fsp3) is 0.476. The van der Waals surface area contributed by atoms with Crippen LogP contribution in [0.15, 0.2) is 36.5 Å². The number of nitrogens with zero attached hydrogens (tertiary/aromatic N) is 4. The lowest BCUT2D eigenvalue weighted by Gasteiger charge is -2.23. The lowest BCUT2D eigenvalue weighted by molar-refractivity contribution is 0.149. The summed E-state index contributed by atoms with van der Waals surface area (Å²) < 4.78 is 7.93. The average molecular weight is 380 g/mol. The highest BCUT2D eigenvalue weighted by Crippen LogP contribution is 2.25. The summed E-state index contributed by atoms with van der Waals surface area (Å²) in [5.41, 5.74) is 3.08. The zero-order chi connectivity index (χ0) is 19.5. The molecule has 1 aliphatic heterocycles. The number of hydrogen-bond donors (Lipinski definition) is 2. The lowest BCUT2D eigenvalue weighted by atomic mass is 10.1. The first kappa shape index (κ1) is 18.7. The molecule has 0 amide bonds. The zero-order valence-electron chi connectivity index (χ0n) is 16.7. The lowest BCUT2D eigenvalue weighted by Crippen LogP contribution is -2.34. The predicted octanol–water partition coefficient (Wildman–Crippen LogP) is 3.55. The molecule has 1 aliphatic rings. The number of anilines is 1. The molecule has 148 valence electrons. The molecule has 28 heavy (non-hydrogen) atoms. The molecule has 1 fully saturated rings. The van der Waals surface area contributed by atoms with Crippen molar-refractivity contribution in [3.05, 3.63) is 47.7 Å². The first-order valence-electron chi connectivity index (χ1n) is 10.1. The molecule has 0 unspecified atom stereocenters. The van der Waals surface area contributed by atoms with Crippen LogP contribution in [0.4, 0.5) is 5.95 Å². The molecule has 3 aromatic rings. The number of benzene rings is 1. The maximum absolute atomic E-state index is 6.15. The van der Waals surface area contributed by atoms with E-state index < -0.39 is 0 Å². The quantitative estimate of drug-likeness (QED) is 0.681. The fourth-order valence-electron chi connectivity index (χ4n) is 3.51. The molecule has 2 aromatic heterocycles. The predicted molar refractivity (Wildman–Crippen MR) is 110 cm³/mol. The van der Waals surface area contributed by atoms with E-state index in [9.17, 15) is 0 Å².